The van der Waals surface area contributed by atoms with E-state index in [0.29, 0.717) is 22.8 Å². The van der Waals surface area contributed by atoms with E-state index >= 15 is 0 Å². The molecule has 1 aromatic heterocycles. The van der Waals surface area contributed by atoms with Crippen LogP contribution in [0.15, 0.2) is 99.1 Å². The topological polar surface area (TPSA) is 64.3 Å². The minimum Gasteiger partial charge on any atom is -0.464 e. The number of benzene rings is 3. The SMILES string of the molecule is O=C(Oc1ccc(C2Oc3ccc(Cl)cc3C3CC(c4ccco4)=NN32)cc1)c1ccc(Br)cc1. The van der Waals surface area contributed by atoms with Gasteiger partial charge in [0.25, 0.3) is 0 Å². The zero-order chi connectivity index (χ0) is 23.9. The first-order valence-electron chi connectivity index (χ1n) is 11.0. The predicted molar refractivity (Wildman–Crippen MR) is 135 cm³/mol. The van der Waals surface area contributed by atoms with Crippen molar-refractivity contribution in [2.45, 2.75) is 18.7 Å². The molecule has 6 rings (SSSR count). The van der Waals surface area contributed by atoms with Crippen molar-refractivity contribution < 1.29 is 18.7 Å². The number of carbonyl (C=O) groups is 1. The van der Waals surface area contributed by atoms with E-state index in [1.807, 2.05) is 47.5 Å². The van der Waals surface area contributed by atoms with Crippen LogP contribution < -0.4 is 9.47 Å². The normalized spacial score (nSPS) is 18.3. The van der Waals surface area contributed by atoms with Gasteiger partial charge in [-0.15, -0.1) is 0 Å². The molecule has 2 atom stereocenters. The van der Waals surface area contributed by atoms with Crippen molar-refractivity contribution in [3.05, 3.63) is 117 Å². The number of hydrogen-bond acceptors (Lipinski definition) is 6. The lowest BCUT2D eigenvalue weighted by Gasteiger charge is -2.38. The van der Waals surface area contributed by atoms with Gasteiger partial charge in [-0.05, 0) is 78.9 Å². The minimum atomic E-state index is -0.461. The van der Waals surface area contributed by atoms with E-state index in [4.69, 9.17) is 30.6 Å². The summed E-state index contributed by atoms with van der Waals surface area (Å²) < 4.78 is 18.4. The Labute approximate surface area is 214 Å². The van der Waals surface area contributed by atoms with Gasteiger partial charge in [0.15, 0.2) is 0 Å². The van der Waals surface area contributed by atoms with Crippen molar-refractivity contribution >= 4 is 39.2 Å². The Kier molecular flexibility index (Phi) is 5.59. The summed E-state index contributed by atoms with van der Waals surface area (Å²) in [7, 11) is 0. The number of nitrogens with zero attached hydrogens (tertiary/aromatic N) is 2. The first-order chi connectivity index (χ1) is 17.0. The summed E-state index contributed by atoms with van der Waals surface area (Å²) in [5, 5.41) is 7.45. The van der Waals surface area contributed by atoms with Crippen molar-refractivity contribution in [2.24, 2.45) is 5.10 Å². The Balaban J connectivity index is 1.28. The Morgan fingerprint density at radius 1 is 1.06 bits per heavy atom. The van der Waals surface area contributed by atoms with Gasteiger partial charge in [0.1, 0.15) is 23.0 Å². The van der Waals surface area contributed by atoms with Crippen LogP contribution in [0.25, 0.3) is 0 Å². The third kappa shape index (κ3) is 4.22. The summed E-state index contributed by atoms with van der Waals surface area (Å²) in [4.78, 5) is 12.5. The Hall–Kier alpha value is -3.55. The molecule has 6 nitrogen and oxygen atoms in total. The second-order valence-electron chi connectivity index (χ2n) is 8.24. The number of hydrogen-bond donors (Lipinski definition) is 0. The van der Waals surface area contributed by atoms with E-state index in [1.165, 1.54) is 0 Å². The summed E-state index contributed by atoms with van der Waals surface area (Å²) in [5.41, 5.74) is 3.19. The van der Waals surface area contributed by atoms with Gasteiger partial charge in [-0.3, -0.25) is 0 Å². The molecule has 0 bridgehead atoms. The second kappa shape index (κ2) is 8.91. The lowest BCUT2D eigenvalue weighted by atomic mass is 9.97. The van der Waals surface area contributed by atoms with Crippen LogP contribution in [0.5, 0.6) is 11.5 Å². The molecule has 0 saturated heterocycles. The Morgan fingerprint density at radius 2 is 1.86 bits per heavy atom. The van der Waals surface area contributed by atoms with Crippen molar-refractivity contribution in [1.29, 1.82) is 0 Å². The molecule has 0 N–H and O–H groups in total. The predicted octanol–water partition coefficient (Wildman–Crippen LogP) is 7.16. The maximum Gasteiger partial charge on any atom is 0.343 e. The molecule has 0 fully saturated rings. The van der Waals surface area contributed by atoms with E-state index in [9.17, 15) is 4.79 Å². The molecule has 3 aromatic carbocycles. The summed E-state index contributed by atoms with van der Waals surface area (Å²) in [6.45, 7) is 0. The summed E-state index contributed by atoms with van der Waals surface area (Å²) in [6, 6.07) is 23.7. The Bertz CT molecular complexity index is 1420. The molecule has 2 aliphatic heterocycles. The third-order valence-electron chi connectivity index (χ3n) is 6.01. The highest BCUT2D eigenvalue weighted by molar-refractivity contribution is 9.10. The fourth-order valence-electron chi connectivity index (χ4n) is 4.32. The smallest absolute Gasteiger partial charge is 0.343 e. The highest BCUT2D eigenvalue weighted by Gasteiger charge is 2.41. The van der Waals surface area contributed by atoms with Gasteiger partial charge >= 0.3 is 5.97 Å². The van der Waals surface area contributed by atoms with Gasteiger partial charge in [-0.25, -0.2) is 9.80 Å². The quantitative estimate of drug-likeness (QED) is 0.200. The molecular formula is C27H18BrClN2O4. The second-order valence-corrected chi connectivity index (χ2v) is 9.59. The van der Waals surface area contributed by atoms with Crippen LogP contribution in [0, 0.1) is 0 Å². The summed E-state index contributed by atoms with van der Waals surface area (Å²) >= 11 is 9.66. The molecule has 0 saturated carbocycles. The molecule has 0 amide bonds. The van der Waals surface area contributed by atoms with Gasteiger partial charge < -0.3 is 13.9 Å². The zero-order valence-corrected chi connectivity index (χ0v) is 20.6. The Morgan fingerprint density at radius 3 is 2.60 bits per heavy atom. The molecule has 4 aromatic rings. The van der Waals surface area contributed by atoms with Gasteiger partial charge in [-0.2, -0.15) is 5.10 Å². The maximum atomic E-state index is 12.5. The first kappa shape index (κ1) is 21.9. The summed E-state index contributed by atoms with van der Waals surface area (Å²) in [5.74, 6) is 1.53. The minimum absolute atomic E-state index is 0.0440. The number of esters is 1. The number of fused-ring (bicyclic) bond motifs is 3. The van der Waals surface area contributed by atoms with Gasteiger partial charge in [0, 0.05) is 27.0 Å². The molecule has 8 heteroatoms. The van der Waals surface area contributed by atoms with E-state index in [1.54, 1.807) is 42.7 Å². The zero-order valence-electron chi connectivity index (χ0n) is 18.2. The highest BCUT2D eigenvalue weighted by Crippen LogP contribution is 2.48. The molecule has 174 valence electrons. The van der Waals surface area contributed by atoms with Gasteiger partial charge in [0.2, 0.25) is 6.23 Å². The number of halogens is 2. The van der Waals surface area contributed by atoms with Gasteiger partial charge in [0.05, 0.1) is 17.9 Å². The standard InChI is InChI=1S/C27H18BrClN2O4/c28-18-7-3-17(4-8-18)27(32)34-20-10-5-16(6-11-20)26-31-23(15-22(30-31)25-2-1-13-33-25)21-14-19(29)9-12-24(21)35-26/h1-14,23,26H,15H2. The van der Waals surface area contributed by atoms with Crippen molar-refractivity contribution in [3.63, 3.8) is 0 Å². The molecule has 3 heterocycles. The molecule has 0 radical (unpaired) electrons. The number of ether oxygens (including phenoxy) is 2. The molecule has 2 unspecified atom stereocenters. The van der Waals surface area contributed by atoms with Crippen LogP contribution in [-0.4, -0.2) is 16.7 Å². The van der Waals surface area contributed by atoms with Crippen LogP contribution >= 0.6 is 27.5 Å². The number of furan rings is 1. The van der Waals surface area contributed by atoms with Crippen LogP contribution in [0.4, 0.5) is 0 Å². The summed E-state index contributed by atoms with van der Waals surface area (Å²) in [6.07, 6.45) is 1.85. The number of hydrazone groups is 1. The van der Waals surface area contributed by atoms with E-state index in [2.05, 4.69) is 15.9 Å². The van der Waals surface area contributed by atoms with E-state index in [-0.39, 0.29) is 6.04 Å². The monoisotopic (exact) mass is 548 g/mol. The van der Waals surface area contributed by atoms with Crippen LogP contribution in [0.3, 0.4) is 0 Å². The van der Waals surface area contributed by atoms with Crippen molar-refractivity contribution in [2.75, 3.05) is 0 Å². The number of carbonyl (C=O) groups excluding carboxylic acids is 1. The van der Waals surface area contributed by atoms with Crippen molar-refractivity contribution in [1.82, 2.24) is 5.01 Å². The van der Waals surface area contributed by atoms with E-state index in [0.717, 1.165) is 32.8 Å². The molecule has 0 aliphatic carbocycles. The molecule has 35 heavy (non-hydrogen) atoms. The highest BCUT2D eigenvalue weighted by atomic mass is 79.9. The maximum absolute atomic E-state index is 12.5. The third-order valence-corrected chi connectivity index (χ3v) is 6.78. The molecule has 2 aliphatic rings. The first-order valence-corrected chi connectivity index (χ1v) is 12.2. The molecular weight excluding hydrogens is 532 g/mol. The lowest BCUT2D eigenvalue weighted by molar-refractivity contribution is -0.0190. The fourth-order valence-corrected chi connectivity index (χ4v) is 4.77. The van der Waals surface area contributed by atoms with E-state index < -0.39 is 12.2 Å². The average molecular weight is 550 g/mol. The average Bonchev–Trinajstić information content (AvgIpc) is 3.55. The van der Waals surface area contributed by atoms with Crippen LogP contribution in [0.1, 0.15) is 45.9 Å². The number of rotatable bonds is 4. The molecule has 0 spiro atoms. The van der Waals surface area contributed by atoms with Crippen LogP contribution in [0.2, 0.25) is 5.02 Å². The van der Waals surface area contributed by atoms with Crippen LogP contribution in [-0.2, 0) is 0 Å². The van der Waals surface area contributed by atoms with Crippen molar-refractivity contribution in [3.8, 4) is 11.5 Å². The van der Waals surface area contributed by atoms with Gasteiger partial charge in [-0.1, -0.05) is 27.5 Å². The fraction of sp³-hybridized carbons (Fsp3) is 0.111. The lowest BCUT2D eigenvalue weighted by Crippen LogP contribution is -2.33. The largest absolute Gasteiger partial charge is 0.464 e.